The van der Waals surface area contributed by atoms with Gasteiger partial charge in [-0.05, 0) is 37.0 Å². The maximum Gasteiger partial charge on any atom is 0.254 e. The maximum atomic E-state index is 13.1. The Morgan fingerprint density at radius 1 is 1.47 bits per heavy atom. The highest BCUT2D eigenvalue weighted by Gasteiger charge is 2.43. The van der Waals surface area contributed by atoms with Gasteiger partial charge in [0.1, 0.15) is 5.82 Å². The molecule has 1 N–H and O–H groups in total. The van der Waals surface area contributed by atoms with E-state index in [1.165, 1.54) is 18.2 Å². The molecule has 1 aromatic rings. The molecule has 5 heteroatoms. The highest BCUT2D eigenvalue weighted by atomic mass is 35.5. The minimum absolute atomic E-state index is 0.000407. The van der Waals surface area contributed by atoms with E-state index in [0.29, 0.717) is 17.4 Å². The van der Waals surface area contributed by atoms with E-state index in [9.17, 15) is 9.18 Å². The van der Waals surface area contributed by atoms with Crippen LogP contribution >= 0.6 is 11.6 Å². The topological polar surface area (TPSA) is 32.3 Å². The summed E-state index contributed by atoms with van der Waals surface area (Å²) in [6.07, 6.45) is 0. The number of nitrogens with zero attached hydrogens (tertiary/aromatic N) is 1. The third-order valence-electron chi connectivity index (χ3n) is 4.36. The summed E-state index contributed by atoms with van der Waals surface area (Å²) in [5.41, 5.74) is 0.464. The molecule has 0 spiro atoms. The van der Waals surface area contributed by atoms with Crippen LogP contribution in [0.25, 0.3) is 0 Å². The van der Waals surface area contributed by atoms with Crippen LogP contribution < -0.4 is 5.32 Å². The molecule has 3 atom stereocenters. The van der Waals surface area contributed by atoms with Gasteiger partial charge in [0, 0.05) is 31.2 Å². The molecule has 102 valence electrons. The van der Waals surface area contributed by atoms with Gasteiger partial charge >= 0.3 is 0 Å². The van der Waals surface area contributed by atoms with Gasteiger partial charge in [-0.3, -0.25) is 4.79 Å². The number of nitrogens with one attached hydrogen (secondary N) is 1. The zero-order valence-electron chi connectivity index (χ0n) is 10.7. The number of likely N-dealkylation sites (tertiary alicyclic amines) is 1. The first kappa shape index (κ1) is 12.9. The molecule has 2 heterocycles. The molecule has 3 rings (SSSR count). The number of halogens is 2. The van der Waals surface area contributed by atoms with E-state index in [4.69, 9.17) is 11.6 Å². The van der Waals surface area contributed by atoms with Crippen molar-refractivity contribution in [2.75, 3.05) is 19.6 Å². The molecule has 0 aliphatic carbocycles. The average molecular weight is 283 g/mol. The number of rotatable bonds is 1. The summed E-state index contributed by atoms with van der Waals surface area (Å²) in [7, 11) is 0. The lowest BCUT2D eigenvalue weighted by molar-refractivity contribution is 0.0728. The van der Waals surface area contributed by atoms with Gasteiger partial charge in [0.25, 0.3) is 5.91 Å². The van der Waals surface area contributed by atoms with Gasteiger partial charge in [0.15, 0.2) is 0 Å². The van der Waals surface area contributed by atoms with Gasteiger partial charge in [-0.15, -0.1) is 0 Å². The molecule has 2 aliphatic rings. The summed E-state index contributed by atoms with van der Waals surface area (Å²) >= 11 is 5.74. The Kier molecular flexibility index (Phi) is 3.23. The molecular weight excluding hydrogens is 267 g/mol. The number of hydrogen-bond acceptors (Lipinski definition) is 2. The molecule has 0 bridgehead atoms. The van der Waals surface area contributed by atoms with Crippen molar-refractivity contribution in [2.45, 2.75) is 13.0 Å². The van der Waals surface area contributed by atoms with Crippen LogP contribution in [0.3, 0.4) is 0 Å². The smallest absolute Gasteiger partial charge is 0.254 e. The van der Waals surface area contributed by atoms with Gasteiger partial charge in [0.2, 0.25) is 0 Å². The van der Waals surface area contributed by atoms with Gasteiger partial charge in [-0.25, -0.2) is 4.39 Å². The second kappa shape index (κ2) is 4.76. The minimum atomic E-state index is -0.492. The molecule has 19 heavy (non-hydrogen) atoms. The summed E-state index contributed by atoms with van der Waals surface area (Å²) in [6, 6.07) is 4.39. The van der Waals surface area contributed by atoms with Crippen molar-refractivity contribution in [3.8, 4) is 0 Å². The maximum absolute atomic E-state index is 13.1. The van der Waals surface area contributed by atoms with E-state index >= 15 is 0 Å². The van der Waals surface area contributed by atoms with Crippen molar-refractivity contribution in [2.24, 2.45) is 11.8 Å². The Morgan fingerprint density at radius 3 is 2.95 bits per heavy atom. The van der Waals surface area contributed by atoms with Crippen LogP contribution in [0.2, 0.25) is 5.02 Å². The summed E-state index contributed by atoms with van der Waals surface area (Å²) < 4.78 is 13.1. The molecular formula is C14H16ClFN2O. The Labute approximate surface area is 116 Å². The second-order valence-electron chi connectivity index (χ2n) is 5.41. The van der Waals surface area contributed by atoms with E-state index < -0.39 is 5.82 Å². The highest BCUT2D eigenvalue weighted by Crippen LogP contribution is 2.33. The monoisotopic (exact) mass is 282 g/mol. The first-order valence-electron chi connectivity index (χ1n) is 6.54. The first-order chi connectivity index (χ1) is 9.08. The Balaban J connectivity index is 1.82. The summed E-state index contributed by atoms with van der Waals surface area (Å²) in [5, 5.41) is 3.36. The molecule has 0 aromatic heterocycles. The van der Waals surface area contributed by atoms with Crippen molar-refractivity contribution in [3.05, 3.63) is 34.6 Å². The molecule has 1 aromatic carbocycles. The zero-order chi connectivity index (χ0) is 13.6. The number of amides is 1. The fraction of sp³-hybridized carbons (Fsp3) is 0.500. The molecule has 2 saturated heterocycles. The van der Waals surface area contributed by atoms with E-state index in [-0.39, 0.29) is 17.0 Å². The van der Waals surface area contributed by atoms with Crippen LogP contribution in [-0.2, 0) is 0 Å². The number of carbonyl (C=O) groups is 1. The largest absolute Gasteiger partial charge is 0.335 e. The Bertz CT molecular complexity index is 522. The molecule has 2 aliphatic heterocycles. The van der Waals surface area contributed by atoms with Gasteiger partial charge in [-0.2, -0.15) is 0 Å². The number of hydrogen-bond donors (Lipinski definition) is 1. The lowest BCUT2D eigenvalue weighted by atomic mass is 9.95. The summed E-state index contributed by atoms with van der Waals surface area (Å²) in [6.45, 7) is 4.80. The summed E-state index contributed by atoms with van der Waals surface area (Å²) in [5.74, 6) is 0.521. The van der Waals surface area contributed by atoms with Crippen LogP contribution in [0, 0.1) is 17.7 Å². The van der Waals surface area contributed by atoms with Crippen molar-refractivity contribution >= 4 is 17.5 Å². The molecule has 3 nitrogen and oxygen atoms in total. The van der Waals surface area contributed by atoms with E-state index in [1.54, 1.807) is 0 Å². The van der Waals surface area contributed by atoms with Gasteiger partial charge in [0.05, 0.1) is 5.02 Å². The quantitative estimate of drug-likeness (QED) is 0.856. The fourth-order valence-electron chi connectivity index (χ4n) is 3.23. The van der Waals surface area contributed by atoms with Crippen LogP contribution in [-0.4, -0.2) is 36.5 Å². The predicted octanol–water partition coefficient (Wildman–Crippen LogP) is 2.16. The summed E-state index contributed by atoms with van der Waals surface area (Å²) in [4.78, 5) is 14.4. The molecule has 3 unspecified atom stereocenters. The molecule has 1 amide bonds. The van der Waals surface area contributed by atoms with Gasteiger partial charge in [-0.1, -0.05) is 11.6 Å². The Hall–Kier alpha value is -1.13. The van der Waals surface area contributed by atoms with E-state index in [1.807, 2.05) is 4.90 Å². The lowest BCUT2D eigenvalue weighted by Gasteiger charge is -2.24. The number of fused-ring (bicyclic) bond motifs is 1. The molecule has 2 fully saturated rings. The number of benzene rings is 1. The van der Waals surface area contributed by atoms with Crippen LogP contribution in [0.5, 0.6) is 0 Å². The molecule has 0 radical (unpaired) electrons. The van der Waals surface area contributed by atoms with Crippen molar-refractivity contribution in [1.82, 2.24) is 10.2 Å². The second-order valence-corrected chi connectivity index (χ2v) is 5.82. The van der Waals surface area contributed by atoms with Crippen molar-refractivity contribution < 1.29 is 9.18 Å². The third kappa shape index (κ3) is 2.13. The fourth-order valence-corrected chi connectivity index (χ4v) is 3.41. The van der Waals surface area contributed by atoms with Crippen LogP contribution in [0.1, 0.15) is 17.3 Å². The normalized spacial score (nSPS) is 29.6. The molecule has 0 saturated carbocycles. The first-order valence-corrected chi connectivity index (χ1v) is 6.92. The van der Waals surface area contributed by atoms with Crippen LogP contribution in [0.4, 0.5) is 4.39 Å². The van der Waals surface area contributed by atoms with Gasteiger partial charge < -0.3 is 10.2 Å². The average Bonchev–Trinajstić information content (AvgIpc) is 2.95. The lowest BCUT2D eigenvalue weighted by Crippen LogP contribution is -2.38. The Morgan fingerprint density at radius 2 is 2.26 bits per heavy atom. The third-order valence-corrected chi connectivity index (χ3v) is 4.65. The standard InChI is InChI=1S/C14H16ClFN2O/c1-8-11-6-17-5-10(11)7-18(8)14(19)9-2-3-13(16)12(15)4-9/h2-4,8,10-11,17H,5-7H2,1H3. The highest BCUT2D eigenvalue weighted by molar-refractivity contribution is 6.31. The zero-order valence-corrected chi connectivity index (χ0v) is 11.5. The van der Waals surface area contributed by atoms with Crippen molar-refractivity contribution in [3.63, 3.8) is 0 Å². The van der Waals surface area contributed by atoms with E-state index in [0.717, 1.165) is 19.6 Å². The van der Waals surface area contributed by atoms with Crippen molar-refractivity contribution in [1.29, 1.82) is 0 Å². The van der Waals surface area contributed by atoms with Crippen LogP contribution in [0.15, 0.2) is 18.2 Å². The minimum Gasteiger partial charge on any atom is -0.335 e. The predicted molar refractivity (Wildman–Crippen MR) is 71.8 cm³/mol. The van der Waals surface area contributed by atoms with E-state index in [2.05, 4.69) is 12.2 Å². The SMILES string of the molecule is CC1C2CNCC2CN1C(=O)c1ccc(F)c(Cl)c1. The number of carbonyl (C=O) groups excluding carboxylic acids is 1.